The highest BCUT2D eigenvalue weighted by Gasteiger charge is 2.30. The van der Waals surface area contributed by atoms with Gasteiger partial charge in [0.15, 0.2) is 5.13 Å². The van der Waals surface area contributed by atoms with Gasteiger partial charge in [-0.3, -0.25) is 9.69 Å². The van der Waals surface area contributed by atoms with Gasteiger partial charge in [0, 0.05) is 36.7 Å². The lowest BCUT2D eigenvalue weighted by atomic mass is 9.95. The number of carboxylic acid groups (broad SMARTS) is 1. The Kier molecular flexibility index (Phi) is 7.79. The summed E-state index contributed by atoms with van der Waals surface area (Å²) in [7, 11) is 0. The third-order valence-electron chi connectivity index (χ3n) is 4.84. The van der Waals surface area contributed by atoms with Crippen LogP contribution in [0.15, 0.2) is 0 Å². The van der Waals surface area contributed by atoms with Crippen molar-refractivity contribution >= 4 is 22.6 Å². The van der Waals surface area contributed by atoms with E-state index in [-0.39, 0.29) is 11.5 Å². The van der Waals surface area contributed by atoms with Gasteiger partial charge in [-0.25, -0.2) is 4.98 Å². The van der Waals surface area contributed by atoms with E-state index in [0.29, 0.717) is 11.0 Å². The number of anilines is 1. The fraction of sp³-hybridized carbons (Fsp3) is 0.833. The lowest BCUT2D eigenvalue weighted by Gasteiger charge is -2.36. The summed E-state index contributed by atoms with van der Waals surface area (Å²) in [5, 5.41) is 9.72. The van der Waals surface area contributed by atoms with E-state index < -0.39 is 5.97 Å². The van der Waals surface area contributed by atoms with Crippen LogP contribution in [0.4, 0.5) is 5.13 Å². The minimum absolute atomic E-state index is 0.0219. The number of rotatable bonds is 3. The maximum absolute atomic E-state index is 11.1. The summed E-state index contributed by atoms with van der Waals surface area (Å²) in [5.74, 6) is 0.815. The molecule has 0 amide bonds. The van der Waals surface area contributed by atoms with Crippen molar-refractivity contribution in [2.75, 3.05) is 32.0 Å². The second-order valence-electron chi connectivity index (χ2n) is 8.11. The first kappa shape index (κ1) is 21.1. The number of nitrogens with two attached hydrogens (primary N) is 1. The van der Waals surface area contributed by atoms with E-state index in [1.165, 1.54) is 11.5 Å². The number of aromatic nitrogens is 2. The zero-order valence-corrected chi connectivity index (χ0v) is 16.9. The normalized spacial score (nSPS) is 22.5. The quantitative estimate of drug-likeness (QED) is 0.826. The largest absolute Gasteiger partial charge is 0.480 e. The molecule has 1 atom stereocenters. The van der Waals surface area contributed by atoms with Crippen molar-refractivity contribution in [1.82, 2.24) is 14.3 Å². The number of ether oxygens (including phenoxy) is 1. The van der Waals surface area contributed by atoms with E-state index >= 15 is 0 Å². The van der Waals surface area contributed by atoms with E-state index in [2.05, 4.69) is 35.0 Å². The first-order chi connectivity index (χ1) is 12.3. The number of nitrogen functional groups attached to an aromatic ring is 1. The molecule has 2 aliphatic heterocycles. The molecule has 8 heteroatoms. The van der Waals surface area contributed by atoms with Crippen molar-refractivity contribution in [3.63, 3.8) is 0 Å². The molecule has 0 unspecified atom stereocenters. The highest BCUT2D eigenvalue weighted by molar-refractivity contribution is 7.09. The topological polar surface area (TPSA) is 102 Å². The molecule has 1 aromatic heterocycles. The standard InChI is InChI=1S/C12H21NO3.C6H11N3S/c14-12(15)11-3-1-2-6-13(11)9-10-4-7-16-8-5-10;1-6(2,3)4-8-5(7)10-9-4/h10-11H,1-9H2,(H,14,15);1-3H3,(H2,7,8,9)/t11-;/m0./s1. The summed E-state index contributed by atoms with van der Waals surface area (Å²) >= 11 is 1.25. The van der Waals surface area contributed by atoms with E-state index in [1.54, 1.807) is 0 Å². The maximum atomic E-state index is 11.1. The summed E-state index contributed by atoms with van der Waals surface area (Å²) in [6, 6.07) is -0.239. The monoisotopic (exact) mass is 384 g/mol. The van der Waals surface area contributed by atoms with Crippen LogP contribution in [0.3, 0.4) is 0 Å². The SMILES string of the molecule is CC(C)(C)c1nsc(N)n1.O=C(O)[C@@H]1CCCCN1CC1CCOCC1. The van der Waals surface area contributed by atoms with Crippen molar-refractivity contribution in [3.05, 3.63) is 5.82 Å². The van der Waals surface area contributed by atoms with Crippen molar-refractivity contribution in [2.24, 2.45) is 5.92 Å². The highest BCUT2D eigenvalue weighted by atomic mass is 32.1. The van der Waals surface area contributed by atoms with Crippen LogP contribution in [-0.2, 0) is 14.9 Å². The molecular weight excluding hydrogens is 352 g/mol. The second-order valence-corrected chi connectivity index (χ2v) is 8.89. The molecule has 7 nitrogen and oxygen atoms in total. The molecular formula is C18H32N4O3S. The Morgan fingerprint density at radius 2 is 2.00 bits per heavy atom. The first-order valence-corrected chi connectivity index (χ1v) is 10.2. The van der Waals surface area contributed by atoms with Crippen LogP contribution in [0.25, 0.3) is 0 Å². The zero-order chi connectivity index (χ0) is 19.2. The molecule has 2 saturated heterocycles. The van der Waals surface area contributed by atoms with Gasteiger partial charge < -0.3 is 15.6 Å². The molecule has 0 saturated carbocycles. The summed E-state index contributed by atoms with van der Waals surface area (Å²) in [4.78, 5) is 17.4. The zero-order valence-electron chi connectivity index (χ0n) is 16.1. The number of nitrogens with zero attached hydrogens (tertiary/aromatic N) is 3. The Balaban J connectivity index is 0.000000209. The van der Waals surface area contributed by atoms with Crippen molar-refractivity contribution < 1.29 is 14.6 Å². The fourth-order valence-electron chi connectivity index (χ4n) is 3.29. The predicted octanol–water partition coefficient (Wildman–Crippen LogP) is 2.77. The smallest absolute Gasteiger partial charge is 0.320 e. The number of carbonyl (C=O) groups is 1. The van der Waals surface area contributed by atoms with Gasteiger partial charge in [-0.1, -0.05) is 27.2 Å². The van der Waals surface area contributed by atoms with E-state index in [4.69, 9.17) is 10.5 Å². The molecule has 3 rings (SSSR count). The molecule has 1 aromatic rings. The lowest BCUT2D eigenvalue weighted by molar-refractivity contribution is -0.145. The number of carboxylic acids is 1. The molecule has 3 N–H and O–H groups in total. The molecule has 2 aliphatic rings. The van der Waals surface area contributed by atoms with Gasteiger partial charge in [0.1, 0.15) is 11.9 Å². The van der Waals surface area contributed by atoms with Gasteiger partial charge in [0.2, 0.25) is 0 Å². The Morgan fingerprint density at radius 1 is 1.31 bits per heavy atom. The summed E-state index contributed by atoms with van der Waals surface area (Å²) < 4.78 is 9.42. The van der Waals surface area contributed by atoms with Crippen LogP contribution >= 0.6 is 11.5 Å². The minimum Gasteiger partial charge on any atom is -0.480 e. The Morgan fingerprint density at radius 3 is 2.50 bits per heavy atom. The van der Waals surface area contributed by atoms with Crippen LogP contribution in [0.5, 0.6) is 0 Å². The molecule has 0 spiro atoms. The highest BCUT2D eigenvalue weighted by Crippen LogP contribution is 2.23. The molecule has 0 aromatic carbocycles. The van der Waals surface area contributed by atoms with Gasteiger partial charge in [-0.05, 0) is 38.1 Å². The fourth-order valence-corrected chi connectivity index (χ4v) is 3.91. The van der Waals surface area contributed by atoms with Crippen LogP contribution in [0, 0.1) is 5.92 Å². The van der Waals surface area contributed by atoms with Gasteiger partial charge in [-0.2, -0.15) is 4.37 Å². The van der Waals surface area contributed by atoms with E-state index in [1.807, 2.05) is 0 Å². The van der Waals surface area contributed by atoms with Crippen molar-refractivity contribution in [3.8, 4) is 0 Å². The van der Waals surface area contributed by atoms with Gasteiger partial charge in [-0.15, -0.1) is 0 Å². The lowest BCUT2D eigenvalue weighted by Crippen LogP contribution is -2.47. The molecule has 2 fully saturated rings. The van der Waals surface area contributed by atoms with E-state index in [9.17, 15) is 9.90 Å². The van der Waals surface area contributed by atoms with Crippen molar-refractivity contribution in [1.29, 1.82) is 0 Å². The minimum atomic E-state index is -0.647. The van der Waals surface area contributed by atoms with Crippen LogP contribution in [0.2, 0.25) is 0 Å². The Labute approximate surface area is 160 Å². The van der Waals surface area contributed by atoms with E-state index in [0.717, 1.165) is 64.2 Å². The van der Waals surface area contributed by atoms with Gasteiger partial charge >= 0.3 is 5.97 Å². The average Bonchev–Trinajstić information content (AvgIpc) is 3.04. The van der Waals surface area contributed by atoms with Crippen LogP contribution in [0.1, 0.15) is 58.7 Å². The van der Waals surface area contributed by atoms with Gasteiger partial charge in [0.25, 0.3) is 0 Å². The van der Waals surface area contributed by atoms with Crippen LogP contribution < -0.4 is 5.73 Å². The number of likely N-dealkylation sites (tertiary alicyclic amines) is 1. The second kappa shape index (κ2) is 9.62. The average molecular weight is 385 g/mol. The summed E-state index contributed by atoms with van der Waals surface area (Å²) in [6.45, 7) is 9.78. The third kappa shape index (κ3) is 6.48. The maximum Gasteiger partial charge on any atom is 0.320 e. The first-order valence-electron chi connectivity index (χ1n) is 9.41. The number of piperidine rings is 1. The summed E-state index contributed by atoms with van der Waals surface area (Å²) in [6.07, 6.45) is 5.19. The third-order valence-corrected chi connectivity index (χ3v) is 5.39. The molecule has 3 heterocycles. The Hall–Kier alpha value is -1.25. The predicted molar refractivity (Wildman–Crippen MR) is 103 cm³/mol. The Bertz CT molecular complexity index is 567. The molecule has 0 bridgehead atoms. The van der Waals surface area contributed by atoms with Crippen LogP contribution in [-0.4, -0.2) is 57.7 Å². The number of hydrogen-bond acceptors (Lipinski definition) is 7. The summed E-state index contributed by atoms with van der Waals surface area (Å²) in [5.41, 5.74) is 5.44. The number of aliphatic carboxylic acids is 1. The molecule has 0 radical (unpaired) electrons. The molecule has 148 valence electrons. The molecule has 0 aliphatic carbocycles. The number of hydrogen-bond donors (Lipinski definition) is 2. The molecule has 26 heavy (non-hydrogen) atoms. The van der Waals surface area contributed by atoms with Crippen molar-refractivity contribution in [2.45, 2.75) is 64.3 Å². The van der Waals surface area contributed by atoms with Gasteiger partial charge in [0.05, 0.1) is 0 Å².